The smallest absolute Gasteiger partial charge is 0.322 e. The van der Waals surface area contributed by atoms with Gasteiger partial charge in [-0.2, -0.15) is 4.98 Å². The third-order valence-electron chi connectivity index (χ3n) is 4.28. The van der Waals surface area contributed by atoms with Gasteiger partial charge in [0.05, 0.1) is 19.5 Å². The Morgan fingerprint density at radius 3 is 2.57 bits per heavy atom. The van der Waals surface area contributed by atoms with Crippen molar-refractivity contribution in [2.24, 2.45) is 17.6 Å². The molecular formula is C18H29ClN6O5. The average molecular weight is 445 g/mol. The number of aryl methyl sites for hydroxylation is 1. The molecule has 0 saturated carbocycles. The molecule has 2 rings (SSSR count). The Kier molecular flexibility index (Phi) is 9.73. The second kappa shape index (κ2) is 11.5. The summed E-state index contributed by atoms with van der Waals surface area (Å²) in [5, 5.41) is 0. The average Bonchev–Trinajstić information content (AvgIpc) is 3.03. The van der Waals surface area contributed by atoms with Crippen LogP contribution in [0.2, 0.25) is 0 Å². The van der Waals surface area contributed by atoms with Crippen LogP contribution in [0.15, 0.2) is 11.1 Å². The van der Waals surface area contributed by atoms with Crippen LogP contribution in [0.1, 0.15) is 33.6 Å². The third-order valence-corrected chi connectivity index (χ3v) is 4.28. The second-order valence-corrected chi connectivity index (χ2v) is 7.38. The number of hydrogen-bond acceptors (Lipinski definition) is 9. The fourth-order valence-electron chi connectivity index (χ4n) is 2.82. The Morgan fingerprint density at radius 1 is 1.27 bits per heavy atom. The van der Waals surface area contributed by atoms with Gasteiger partial charge in [0, 0.05) is 19.4 Å². The Hall–Kier alpha value is -2.66. The van der Waals surface area contributed by atoms with E-state index in [9.17, 15) is 14.4 Å². The number of carbonyl (C=O) groups is 2. The molecule has 0 spiro atoms. The molecule has 12 heteroatoms. The van der Waals surface area contributed by atoms with Crippen molar-refractivity contribution in [3.05, 3.63) is 16.7 Å². The number of imidazole rings is 1. The molecule has 0 aromatic carbocycles. The van der Waals surface area contributed by atoms with Crippen molar-refractivity contribution in [3.63, 3.8) is 0 Å². The molecule has 0 aliphatic carbocycles. The van der Waals surface area contributed by atoms with E-state index in [2.05, 4.69) is 15.0 Å². The summed E-state index contributed by atoms with van der Waals surface area (Å²) in [6, 6.07) is -0.694. The molecular weight excluding hydrogens is 416 g/mol. The summed E-state index contributed by atoms with van der Waals surface area (Å²) in [5.41, 5.74) is 11.6. The van der Waals surface area contributed by atoms with Crippen LogP contribution in [0, 0.1) is 11.8 Å². The van der Waals surface area contributed by atoms with Crippen molar-refractivity contribution >= 4 is 41.5 Å². The van der Waals surface area contributed by atoms with Gasteiger partial charge in [0.1, 0.15) is 6.04 Å². The first-order chi connectivity index (χ1) is 13.7. The minimum atomic E-state index is -0.694. The molecule has 5 N–H and O–H groups in total. The number of nitrogens with two attached hydrogens (primary N) is 2. The number of carbonyl (C=O) groups excluding carboxylic acids is 2. The lowest BCUT2D eigenvalue weighted by atomic mass is 10.0. The number of rotatable bonds is 10. The number of H-pyrrole nitrogens is 1. The first-order valence-corrected chi connectivity index (χ1v) is 9.43. The Labute approximate surface area is 179 Å². The predicted octanol–water partition coefficient (Wildman–Crippen LogP) is 0.610. The summed E-state index contributed by atoms with van der Waals surface area (Å²) in [6.07, 6.45) is 2.50. The van der Waals surface area contributed by atoms with Gasteiger partial charge in [-0.25, -0.2) is 4.98 Å². The number of nitrogens with one attached hydrogen (secondary N) is 1. The first kappa shape index (κ1) is 25.4. The Balaban J connectivity index is 0.00000450. The lowest BCUT2D eigenvalue weighted by Crippen LogP contribution is -2.35. The summed E-state index contributed by atoms with van der Waals surface area (Å²) in [6.45, 7) is 5.80. The zero-order valence-corrected chi connectivity index (χ0v) is 18.1. The zero-order valence-electron chi connectivity index (χ0n) is 17.3. The van der Waals surface area contributed by atoms with E-state index in [-0.39, 0.29) is 48.9 Å². The van der Waals surface area contributed by atoms with Crippen LogP contribution in [-0.4, -0.2) is 50.7 Å². The second-order valence-electron chi connectivity index (χ2n) is 7.38. The minimum absolute atomic E-state index is 0. The fourth-order valence-corrected chi connectivity index (χ4v) is 2.82. The van der Waals surface area contributed by atoms with Crippen LogP contribution in [0.25, 0.3) is 11.2 Å². The molecule has 1 unspecified atom stereocenters. The topological polar surface area (TPSA) is 168 Å². The molecule has 2 aromatic heterocycles. The maximum absolute atomic E-state index is 12.1. The van der Waals surface area contributed by atoms with Gasteiger partial charge in [-0.1, -0.05) is 13.8 Å². The van der Waals surface area contributed by atoms with Crippen LogP contribution < -0.4 is 17.0 Å². The lowest BCUT2D eigenvalue weighted by Gasteiger charge is -2.19. The Morgan fingerprint density at radius 2 is 1.93 bits per heavy atom. The fraction of sp³-hybridized carbons (Fsp3) is 0.611. The molecule has 30 heavy (non-hydrogen) atoms. The van der Waals surface area contributed by atoms with Crippen molar-refractivity contribution in [2.45, 2.75) is 46.2 Å². The summed E-state index contributed by atoms with van der Waals surface area (Å²) >= 11 is 0. The summed E-state index contributed by atoms with van der Waals surface area (Å²) in [5.74, 6) is -0.904. The molecule has 0 aliphatic rings. The maximum Gasteiger partial charge on any atom is 0.322 e. The van der Waals surface area contributed by atoms with E-state index in [0.29, 0.717) is 25.0 Å². The third kappa shape index (κ3) is 7.30. The normalized spacial score (nSPS) is 13.0. The van der Waals surface area contributed by atoms with E-state index in [1.165, 1.54) is 13.3 Å². The van der Waals surface area contributed by atoms with Gasteiger partial charge < -0.3 is 25.5 Å². The maximum atomic E-state index is 12.1. The number of aromatic amines is 1. The number of nitrogen functional groups attached to an aromatic ring is 1. The van der Waals surface area contributed by atoms with E-state index >= 15 is 0 Å². The largest absolute Gasteiger partial charge is 0.465 e. The molecule has 0 bridgehead atoms. The minimum Gasteiger partial charge on any atom is -0.465 e. The molecule has 11 nitrogen and oxygen atoms in total. The lowest BCUT2D eigenvalue weighted by molar-refractivity contribution is -0.149. The zero-order chi connectivity index (χ0) is 21.6. The molecule has 0 radical (unpaired) electrons. The molecule has 168 valence electrons. The number of halogens is 1. The molecule has 0 fully saturated rings. The molecule has 2 aromatic rings. The van der Waals surface area contributed by atoms with Crippen molar-refractivity contribution in [3.8, 4) is 0 Å². The van der Waals surface area contributed by atoms with E-state index in [1.54, 1.807) is 4.57 Å². The highest BCUT2D eigenvalue weighted by molar-refractivity contribution is 5.85. The number of aromatic nitrogens is 4. The van der Waals surface area contributed by atoms with Crippen molar-refractivity contribution in [1.82, 2.24) is 19.5 Å². The van der Waals surface area contributed by atoms with Crippen LogP contribution in [0.5, 0.6) is 0 Å². The van der Waals surface area contributed by atoms with E-state index in [4.69, 9.17) is 20.9 Å². The van der Waals surface area contributed by atoms with Crippen LogP contribution in [0.4, 0.5) is 5.95 Å². The standard InChI is InChI=1S/C18H28N6O5.ClH/c1-10(2)6-13(19)17(27)29-8-12(7-28-11(3)25)4-5-24-9-21-14-15(24)22-18(20)23-16(14)26;/h9-10,12-13H,4-8,19H2,1-3H3,(H3,20,22,23,26);1H/t12?,13-;/m0./s1. The van der Waals surface area contributed by atoms with E-state index in [1.807, 2.05) is 13.8 Å². The summed E-state index contributed by atoms with van der Waals surface area (Å²) < 4.78 is 12.1. The molecule has 2 heterocycles. The van der Waals surface area contributed by atoms with E-state index in [0.717, 1.165) is 0 Å². The number of nitrogens with zero attached hydrogens (tertiary/aromatic N) is 3. The van der Waals surface area contributed by atoms with Gasteiger partial charge >= 0.3 is 11.9 Å². The predicted molar refractivity (Wildman–Crippen MR) is 113 cm³/mol. The monoisotopic (exact) mass is 444 g/mol. The summed E-state index contributed by atoms with van der Waals surface area (Å²) in [4.78, 5) is 45.7. The molecule has 2 atom stereocenters. The van der Waals surface area contributed by atoms with E-state index < -0.39 is 23.5 Å². The number of fused-ring (bicyclic) bond motifs is 1. The number of ether oxygens (including phenoxy) is 2. The van der Waals surface area contributed by atoms with Gasteiger partial charge in [-0.3, -0.25) is 19.4 Å². The van der Waals surface area contributed by atoms with Crippen LogP contribution >= 0.6 is 12.4 Å². The van der Waals surface area contributed by atoms with Crippen molar-refractivity contribution in [2.75, 3.05) is 18.9 Å². The number of anilines is 1. The highest BCUT2D eigenvalue weighted by Crippen LogP contribution is 2.13. The van der Waals surface area contributed by atoms with Crippen molar-refractivity contribution < 1.29 is 19.1 Å². The first-order valence-electron chi connectivity index (χ1n) is 9.43. The Bertz CT molecular complexity index is 912. The van der Waals surface area contributed by atoms with Crippen molar-refractivity contribution in [1.29, 1.82) is 0 Å². The van der Waals surface area contributed by atoms with Gasteiger partial charge in [0.15, 0.2) is 11.2 Å². The molecule has 0 aliphatic heterocycles. The number of hydrogen-bond donors (Lipinski definition) is 3. The van der Waals surface area contributed by atoms with Gasteiger partial charge in [0.2, 0.25) is 5.95 Å². The molecule has 0 saturated heterocycles. The highest BCUT2D eigenvalue weighted by atomic mass is 35.5. The van der Waals surface area contributed by atoms with Crippen LogP contribution in [0.3, 0.4) is 0 Å². The van der Waals surface area contributed by atoms with Gasteiger partial charge in [0.25, 0.3) is 5.56 Å². The van der Waals surface area contributed by atoms with Crippen LogP contribution in [-0.2, 0) is 25.6 Å². The SMILES string of the molecule is CC(=O)OCC(CCn1cnc2c(=O)[nH]c(N)nc21)COC(=O)[C@@H](N)CC(C)C.Cl. The van der Waals surface area contributed by atoms with Gasteiger partial charge in [-0.15, -0.1) is 12.4 Å². The highest BCUT2D eigenvalue weighted by Gasteiger charge is 2.20. The quantitative estimate of drug-likeness (QED) is 0.444. The number of esters is 2. The van der Waals surface area contributed by atoms with Gasteiger partial charge in [-0.05, 0) is 18.8 Å². The molecule has 0 amide bonds. The summed E-state index contributed by atoms with van der Waals surface area (Å²) in [7, 11) is 0.